The van der Waals surface area contributed by atoms with Crippen LogP contribution in [-0.2, 0) is 19.8 Å². The Balaban J connectivity index is 1.53. The lowest BCUT2D eigenvalue weighted by atomic mass is 9.80. The summed E-state index contributed by atoms with van der Waals surface area (Å²) in [7, 11) is 8.36. The summed E-state index contributed by atoms with van der Waals surface area (Å²) in [6, 6.07) is 25.2. The van der Waals surface area contributed by atoms with Gasteiger partial charge in [-0.2, -0.15) is 4.98 Å². The van der Waals surface area contributed by atoms with Gasteiger partial charge >= 0.3 is 5.69 Å². The summed E-state index contributed by atoms with van der Waals surface area (Å²) in [5, 5.41) is 11.5. The Labute approximate surface area is 268 Å². The van der Waals surface area contributed by atoms with Crippen LogP contribution >= 0.6 is 0 Å². The highest BCUT2D eigenvalue weighted by molar-refractivity contribution is 5.60. The van der Waals surface area contributed by atoms with Crippen LogP contribution in [0.25, 0.3) is 0 Å². The molecular weight excluding hydrogens is 588 g/mol. The fourth-order valence-corrected chi connectivity index (χ4v) is 5.66. The van der Waals surface area contributed by atoms with Crippen LogP contribution in [-0.4, -0.2) is 86.2 Å². The fraction of sp³-hybridized carbons (Fsp3) is 0.343. The van der Waals surface area contributed by atoms with Crippen molar-refractivity contribution in [1.29, 1.82) is 0 Å². The molecule has 4 unspecified atom stereocenters. The number of aliphatic imine (C=N–C) groups is 1. The molecule has 46 heavy (non-hydrogen) atoms. The lowest BCUT2D eigenvalue weighted by Gasteiger charge is -2.37. The molecule has 4 atom stereocenters. The van der Waals surface area contributed by atoms with Crippen LogP contribution in [0.3, 0.4) is 0 Å². The smallest absolute Gasteiger partial charge is 0.351 e. The van der Waals surface area contributed by atoms with Crippen molar-refractivity contribution in [3.63, 3.8) is 0 Å². The van der Waals surface area contributed by atoms with Crippen LogP contribution in [0.15, 0.2) is 94.8 Å². The molecule has 0 bridgehead atoms. The molecule has 1 aliphatic heterocycles. The van der Waals surface area contributed by atoms with E-state index in [1.807, 2.05) is 93.0 Å². The number of aliphatic hydroxyl groups excluding tert-OH is 1. The minimum Gasteiger partial charge on any atom is -0.497 e. The Morgan fingerprint density at radius 2 is 1.50 bits per heavy atom. The van der Waals surface area contributed by atoms with Gasteiger partial charge in [0.1, 0.15) is 35.4 Å². The van der Waals surface area contributed by atoms with E-state index < -0.39 is 35.8 Å². The van der Waals surface area contributed by atoms with Gasteiger partial charge in [-0.05, 0) is 47.9 Å². The van der Waals surface area contributed by atoms with E-state index in [1.54, 1.807) is 38.6 Å². The zero-order valence-electron chi connectivity index (χ0n) is 26.9. The van der Waals surface area contributed by atoms with Gasteiger partial charge in [0, 0.05) is 33.0 Å². The number of benzene rings is 3. The Bertz CT molecular complexity index is 1630. The summed E-state index contributed by atoms with van der Waals surface area (Å²) in [5.41, 5.74) is 1.50. The zero-order chi connectivity index (χ0) is 32.8. The van der Waals surface area contributed by atoms with Crippen LogP contribution in [0.1, 0.15) is 28.5 Å². The Kier molecular flexibility index (Phi) is 10.2. The molecule has 1 aliphatic rings. The molecule has 242 valence electrons. The average Bonchev–Trinajstić information content (AvgIpc) is 3.40. The van der Waals surface area contributed by atoms with Gasteiger partial charge in [-0.25, -0.2) is 9.79 Å². The molecule has 11 heteroatoms. The van der Waals surface area contributed by atoms with Gasteiger partial charge < -0.3 is 33.7 Å². The molecule has 0 amide bonds. The van der Waals surface area contributed by atoms with Gasteiger partial charge in [0.05, 0.1) is 27.2 Å². The lowest BCUT2D eigenvalue weighted by Crippen LogP contribution is -2.40. The van der Waals surface area contributed by atoms with Gasteiger partial charge in [-0.3, -0.25) is 4.57 Å². The highest BCUT2D eigenvalue weighted by Gasteiger charge is 2.47. The van der Waals surface area contributed by atoms with Gasteiger partial charge in [-0.15, -0.1) is 0 Å². The Morgan fingerprint density at radius 3 is 2.02 bits per heavy atom. The maximum atomic E-state index is 13.2. The van der Waals surface area contributed by atoms with Crippen molar-refractivity contribution in [3.05, 3.63) is 118 Å². The molecule has 5 rings (SSSR count). The average molecular weight is 629 g/mol. The predicted octanol–water partition coefficient (Wildman–Crippen LogP) is 4.07. The van der Waals surface area contributed by atoms with Crippen molar-refractivity contribution in [1.82, 2.24) is 14.5 Å². The third-order valence-electron chi connectivity index (χ3n) is 8.02. The molecule has 0 aliphatic carbocycles. The van der Waals surface area contributed by atoms with E-state index in [1.165, 1.54) is 11.7 Å². The number of nitrogens with zero attached hydrogens (tertiary/aromatic N) is 4. The third-order valence-corrected chi connectivity index (χ3v) is 8.02. The first-order valence-electron chi connectivity index (χ1n) is 14.9. The zero-order valence-corrected chi connectivity index (χ0v) is 26.9. The van der Waals surface area contributed by atoms with Crippen LogP contribution in [0.4, 0.5) is 5.82 Å². The minimum absolute atomic E-state index is 0.0448. The topological polar surface area (TPSA) is 117 Å². The van der Waals surface area contributed by atoms with Gasteiger partial charge in [-0.1, -0.05) is 54.6 Å². The quantitative estimate of drug-likeness (QED) is 0.141. The number of aliphatic hydroxyl groups is 1. The molecule has 1 saturated heterocycles. The van der Waals surface area contributed by atoms with E-state index in [0.717, 1.165) is 16.7 Å². The first-order chi connectivity index (χ1) is 22.2. The summed E-state index contributed by atoms with van der Waals surface area (Å²) in [6.45, 7) is 1.76. The predicted molar refractivity (Wildman–Crippen MR) is 174 cm³/mol. The molecule has 1 N–H and O–H groups in total. The number of aromatic nitrogens is 2. The van der Waals surface area contributed by atoms with E-state index >= 15 is 0 Å². The second kappa shape index (κ2) is 14.3. The molecule has 1 fully saturated rings. The van der Waals surface area contributed by atoms with Crippen LogP contribution in [0.5, 0.6) is 11.5 Å². The van der Waals surface area contributed by atoms with Crippen LogP contribution in [0, 0.1) is 6.92 Å². The SMILES string of the molecule is COc1ccc(C(OCC2OC(n3cc(C)c(N=CN(C)C)nc3=O)C(OC)C2O)(c2ccccc2)c2ccc(OC)cc2)cc1. The maximum absolute atomic E-state index is 13.2. The van der Waals surface area contributed by atoms with Crippen molar-refractivity contribution in [2.75, 3.05) is 42.0 Å². The highest BCUT2D eigenvalue weighted by atomic mass is 16.6. The van der Waals surface area contributed by atoms with Crippen molar-refractivity contribution < 1.29 is 28.8 Å². The minimum atomic E-state index is -1.12. The van der Waals surface area contributed by atoms with Crippen molar-refractivity contribution >= 4 is 12.2 Å². The van der Waals surface area contributed by atoms with E-state index in [-0.39, 0.29) is 6.61 Å². The van der Waals surface area contributed by atoms with E-state index in [9.17, 15) is 9.90 Å². The molecule has 2 heterocycles. The number of hydrogen-bond donors (Lipinski definition) is 1. The molecular formula is C35H40N4O7. The molecule has 1 aromatic heterocycles. The fourth-order valence-electron chi connectivity index (χ4n) is 5.66. The Morgan fingerprint density at radius 1 is 0.935 bits per heavy atom. The molecule has 3 aromatic carbocycles. The first-order valence-corrected chi connectivity index (χ1v) is 14.9. The largest absolute Gasteiger partial charge is 0.497 e. The molecule has 0 saturated carbocycles. The summed E-state index contributed by atoms with van der Waals surface area (Å²) >= 11 is 0. The summed E-state index contributed by atoms with van der Waals surface area (Å²) in [4.78, 5) is 23.4. The van der Waals surface area contributed by atoms with Crippen molar-refractivity contribution in [2.24, 2.45) is 4.99 Å². The maximum Gasteiger partial charge on any atom is 0.351 e. The lowest BCUT2D eigenvalue weighted by molar-refractivity contribution is -0.0967. The van der Waals surface area contributed by atoms with Crippen LogP contribution in [0.2, 0.25) is 0 Å². The second-order valence-corrected chi connectivity index (χ2v) is 11.2. The first kappa shape index (κ1) is 32.8. The highest BCUT2D eigenvalue weighted by Crippen LogP contribution is 2.43. The van der Waals surface area contributed by atoms with Gasteiger partial charge in [0.2, 0.25) is 0 Å². The standard InChI is InChI=1S/C35H40N4O7/c1-23-20-39(34(41)37-32(23)36-22-38(2)3)33-31(44-6)30(40)29(46-33)21-45-35(24-10-8-7-9-11-24,25-12-16-27(42-4)17-13-25)26-14-18-28(43-5)19-15-26/h7-20,22,29-31,33,40H,21H2,1-6H3. The molecule has 4 aromatic rings. The molecule has 0 radical (unpaired) electrons. The van der Waals surface area contributed by atoms with Crippen molar-refractivity contribution in [3.8, 4) is 11.5 Å². The summed E-state index contributed by atoms with van der Waals surface area (Å²) in [6.07, 6.45) is -0.593. The summed E-state index contributed by atoms with van der Waals surface area (Å²) < 4.78 is 31.2. The number of rotatable bonds is 12. The summed E-state index contributed by atoms with van der Waals surface area (Å²) in [5.74, 6) is 1.70. The van der Waals surface area contributed by atoms with Gasteiger partial charge in [0.25, 0.3) is 0 Å². The number of hydrogen-bond acceptors (Lipinski definition) is 9. The second-order valence-electron chi connectivity index (χ2n) is 11.2. The number of aryl methyl sites for hydroxylation is 1. The third kappa shape index (κ3) is 6.54. The van der Waals surface area contributed by atoms with E-state index in [4.69, 9.17) is 23.7 Å². The van der Waals surface area contributed by atoms with Gasteiger partial charge in [0.15, 0.2) is 12.0 Å². The monoisotopic (exact) mass is 628 g/mol. The molecule has 0 spiro atoms. The van der Waals surface area contributed by atoms with E-state index in [0.29, 0.717) is 22.9 Å². The van der Waals surface area contributed by atoms with Crippen LogP contribution < -0.4 is 15.2 Å². The number of ether oxygens (including phenoxy) is 5. The number of methoxy groups -OCH3 is 3. The van der Waals surface area contributed by atoms with Crippen molar-refractivity contribution in [2.45, 2.75) is 37.1 Å². The molecule has 11 nitrogen and oxygen atoms in total. The van der Waals surface area contributed by atoms with E-state index in [2.05, 4.69) is 9.98 Å². The Hall–Kier alpha value is -4.55. The normalized spacial score (nSPS) is 19.8.